The third-order valence-corrected chi connectivity index (χ3v) is 7.09. The molecule has 0 radical (unpaired) electrons. The quantitative estimate of drug-likeness (QED) is 0.422. The predicted molar refractivity (Wildman–Crippen MR) is 122 cm³/mol. The second kappa shape index (κ2) is 9.40. The van der Waals surface area contributed by atoms with Crippen LogP contribution >= 0.6 is 23.2 Å². The van der Waals surface area contributed by atoms with Crippen molar-refractivity contribution in [2.75, 3.05) is 39.3 Å². The van der Waals surface area contributed by atoms with Crippen LogP contribution in [0.3, 0.4) is 0 Å². The number of nitrogens with zero attached hydrogens (tertiary/aromatic N) is 3. The number of hydrogen-bond acceptors (Lipinski definition) is 7. The molecule has 3 aliphatic rings. The molecule has 174 valence electrons. The summed E-state index contributed by atoms with van der Waals surface area (Å²) in [4.78, 5) is 36.3. The van der Waals surface area contributed by atoms with Crippen molar-refractivity contribution in [2.24, 2.45) is 4.99 Å². The number of hydrogen-bond donors (Lipinski definition) is 5. The van der Waals surface area contributed by atoms with Crippen molar-refractivity contribution >= 4 is 41.3 Å². The Morgan fingerprint density at radius 3 is 2.41 bits per heavy atom. The fourth-order valence-corrected chi connectivity index (χ4v) is 4.83. The largest absolute Gasteiger partial charge is 0.477 e. The summed E-state index contributed by atoms with van der Waals surface area (Å²) in [5, 5.41) is 19.6. The number of aryl methyl sites for hydroxylation is 1. The van der Waals surface area contributed by atoms with Gasteiger partial charge in [0.2, 0.25) is 5.91 Å². The first-order valence-corrected chi connectivity index (χ1v) is 11.4. The highest BCUT2D eigenvalue weighted by atomic mass is 35.5. The number of carboxylic acids is 1. The van der Waals surface area contributed by atoms with Gasteiger partial charge in [0.25, 0.3) is 5.91 Å². The summed E-state index contributed by atoms with van der Waals surface area (Å²) in [6.45, 7) is 6.09. The van der Waals surface area contributed by atoms with Gasteiger partial charge in [0.1, 0.15) is 11.4 Å². The van der Waals surface area contributed by atoms with Crippen LogP contribution in [-0.2, 0) is 4.79 Å². The van der Waals surface area contributed by atoms with E-state index in [4.69, 9.17) is 28.2 Å². The van der Waals surface area contributed by atoms with E-state index in [0.717, 1.165) is 26.2 Å². The molecular weight excluding hydrogens is 457 g/mol. The summed E-state index contributed by atoms with van der Waals surface area (Å²) in [7, 11) is 0. The van der Waals surface area contributed by atoms with Crippen molar-refractivity contribution in [1.82, 2.24) is 30.7 Å². The number of carbonyl (C=O) groups is 2. The molecule has 2 fully saturated rings. The van der Waals surface area contributed by atoms with Crippen molar-refractivity contribution in [3.63, 3.8) is 0 Å². The first-order valence-electron chi connectivity index (χ1n) is 10.6. The van der Waals surface area contributed by atoms with Gasteiger partial charge < -0.3 is 26.0 Å². The maximum Gasteiger partial charge on any atom is 0.352 e. The molecule has 4 heterocycles. The summed E-state index contributed by atoms with van der Waals surface area (Å²) in [5.74, 6) is -2.26. The second-order valence-corrected chi connectivity index (χ2v) is 8.90. The number of allylic oxidation sites excluding steroid dienone is 1. The Morgan fingerprint density at radius 2 is 1.81 bits per heavy atom. The highest BCUT2D eigenvalue weighted by molar-refractivity contribution is 6.44. The van der Waals surface area contributed by atoms with Crippen molar-refractivity contribution < 1.29 is 14.7 Å². The molecule has 12 heteroatoms. The van der Waals surface area contributed by atoms with Crippen LogP contribution in [0.25, 0.3) is 0 Å². The van der Waals surface area contributed by atoms with Gasteiger partial charge >= 0.3 is 5.97 Å². The highest BCUT2D eigenvalue weighted by Crippen LogP contribution is 2.30. The zero-order valence-electron chi connectivity index (χ0n) is 17.8. The minimum atomic E-state index is -1.02. The summed E-state index contributed by atoms with van der Waals surface area (Å²) in [6, 6.07) is -0.0423. The molecule has 1 amide bonds. The van der Waals surface area contributed by atoms with E-state index in [1.165, 1.54) is 6.08 Å². The fraction of sp³-hybridized carbons (Fsp3) is 0.550. The highest BCUT2D eigenvalue weighted by Gasteiger charge is 2.46. The predicted octanol–water partition coefficient (Wildman–Crippen LogP) is 0.983. The lowest BCUT2D eigenvalue weighted by Gasteiger charge is -2.52. The number of nitrogens with one attached hydrogen (secondary N) is 4. The molecule has 0 aromatic carbocycles. The van der Waals surface area contributed by atoms with Crippen molar-refractivity contribution in [1.29, 1.82) is 0 Å². The molecule has 1 unspecified atom stereocenters. The molecule has 0 spiro atoms. The molecule has 2 saturated heterocycles. The Hall–Kier alpha value is -2.11. The maximum absolute atomic E-state index is 12.7. The fourth-order valence-electron chi connectivity index (χ4n) is 4.41. The number of aromatic amines is 1. The Morgan fingerprint density at radius 1 is 1.16 bits per heavy atom. The first-order chi connectivity index (χ1) is 15.3. The van der Waals surface area contributed by atoms with E-state index in [9.17, 15) is 14.7 Å². The van der Waals surface area contributed by atoms with Gasteiger partial charge in [-0.05, 0) is 25.8 Å². The third-order valence-electron chi connectivity index (χ3n) is 6.14. The number of halogens is 2. The summed E-state index contributed by atoms with van der Waals surface area (Å²) in [6.07, 6.45) is 4.42. The van der Waals surface area contributed by atoms with Crippen molar-refractivity contribution in [2.45, 2.75) is 31.7 Å². The van der Waals surface area contributed by atoms with Gasteiger partial charge in [0.05, 0.1) is 10.0 Å². The monoisotopic (exact) mass is 483 g/mol. The standard InChI is InChI=1S/C20H27Cl2N7O3/c1-12-15(21)16(22)17(25-12)18(30)26-13-3-8-28(9-4-13)20(29-10-6-23-7-11-29)24-5-2-14(27-20)19(31)32/h2,5,13,23,25,27H,3-4,6-11H2,1H3,(H,26,30)(H,31,32). The summed E-state index contributed by atoms with van der Waals surface area (Å²) in [5.41, 5.74) is 1.03. The van der Waals surface area contributed by atoms with Crippen LogP contribution in [0.2, 0.25) is 10.0 Å². The zero-order chi connectivity index (χ0) is 22.9. The third kappa shape index (κ3) is 4.38. The van der Waals surface area contributed by atoms with E-state index in [-0.39, 0.29) is 28.4 Å². The average molecular weight is 484 g/mol. The van der Waals surface area contributed by atoms with Crippen LogP contribution in [0.4, 0.5) is 0 Å². The van der Waals surface area contributed by atoms with Crippen LogP contribution in [0.1, 0.15) is 29.0 Å². The van der Waals surface area contributed by atoms with E-state index in [1.807, 2.05) is 0 Å². The SMILES string of the molecule is Cc1[nH]c(C(=O)NC2CCN(C3(N4CCNCC4)N=CC=C(C(=O)O)N3)CC2)c(Cl)c1Cl. The molecule has 1 aromatic rings. The van der Waals surface area contributed by atoms with Gasteiger partial charge in [-0.25, -0.2) is 19.6 Å². The van der Waals surface area contributed by atoms with Crippen LogP contribution in [0, 0.1) is 6.92 Å². The number of rotatable bonds is 5. The number of aliphatic imine (C=N–C) groups is 1. The topological polar surface area (TPSA) is 125 Å². The minimum absolute atomic E-state index is 0.0423. The molecule has 0 aliphatic carbocycles. The van der Waals surface area contributed by atoms with Gasteiger partial charge in [-0.3, -0.25) is 4.79 Å². The second-order valence-electron chi connectivity index (χ2n) is 8.15. The number of piperazine rings is 1. The smallest absolute Gasteiger partial charge is 0.352 e. The van der Waals surface area contributed by atoms with E-state index in [2.05, 4.69) is 30.7 Å². The first kappa shape index (κ1) is 23.1. The molecule has 3 aliphatic heterocycles. The van der Waals surface area contributed by atoms with Crippen LogP contribution in [0.15, 0.2) is 16.8 Å². The molecule has 0 saturated carbocycles. The number of aliphatic carboxylic acids is 1. The lowest BCUT2D eigenvalue weighted by atomic mass is 10.0. The maximum atomic E-state index is 12.7. The Kier molecular flexibility index (Phi) is 6.78. The van der Waals surface area contributed by atoms with Gasteiger partial charge in [-0.1, -0.05) is 23.2 Å². The molecule has 5 N–H and O–H groups in total. The van der Waals surface area contributed by atoms with Crippen molar-refractivity contribution in [3.05, 3.63) is 33.2 Å². The van der Waals surface area contributed by atoms with E-state index in [1.54, 1.807) is 13.1 Å². The van der Waals surface area contributed by atoms with Crippen molar-refractivity contribution in [3.8, 4) is 0 Å². The van der Waals surface area contributed by atoms with E-state index in [0.29, 0.717) is 36.6 Å². The van der Waals surface area contributed by atoms with Gasteiger partial charge in [-0.2, -0.15) is 0 Å². The number of carboxylic acid groups (broad SMARTS) is 1. The van der Waals surface area contributed by atoms with Gasteiger partial charge in [0, 0.05) is 57.2 Å². The molecule has 1 aromatic heterocycles. The number of aromatic nitrogens is 1. The number of likely N-dealkylation sites (tertiary alicyclic amines) is 1. The number of H-pyrrole nitrogens is 1. The molecular formula is C20H27Cl2N7O3. The minimum Gasteiger partial charge on any atom is -0.477 e. The number of carbonyl (C=O) groups excluding carboxylic acids is 1. The Balaban J connectivity index is 1.45. The normalized spacial score (nSPS) is 25.3. The Labute approximate surface area is 196 Å². The van der Waals surface area contributed by atoms with Gasteiger partial charge in [-0.15, -0.1) is 0 Å². The van der Waals surface area contributed by atoms with E-state index >= 15 is 0 Å². The number of amides is 1. The van der Waals surface area contributed by atoms with Crippen LogP contribution < -0.4 is 16.0 Å². The Bertz CT molecular complexity index is 949. The zero-order valence-corrected chi connectivity index (χ0v) is 19.3. The molecule has 4 rings (SSSR count). The van der Waals surface area contributed by atoms with Gasteiger partial charge in [0.15, 0.2) is 0 Å². The van der Waals surface area contributed by atoms with Crippen LogP contribution in [-0.4, -0.2) is 89.2 Å². The molecule has 10 nitrogen and oxygen atoms in total. The van der Waals surface area contributed by atoms with Crippen LogP contribution in [0.5, 0.6) is 0 Å². The summed E-state index contributed by atoms with van der Waals surface area (Å²) < 4.78 is 0. The molecule has 0 bridgehead atoms. The average Bonchev–Trinajstić information content (AvgIpc) is 3.07. The van der Waals surface area contributed by atoms with E-state index < -0.39 is 11.9 Å². The number of piperidine rings is 1. The summed E-state index contributed by atoms with van der Waals surface area (Å²) >= 11 is 12.3. The molecule has 1 atom stereocenters. The molecule has 32 heavy (non-hydrogen) atoms. The lowest BCUT2D eigenvalue weighted by Crippen LogP contribution is -2.72. The lowest BCUT2D eigenvalue weighted by molar-refractivity contribution is -0.136.